The van der Waals surface area contributed by atoms with Crippen LogP contribution in [0.2, 0.25) is 0 Å². The van der Waals surface area contributed by atoms with Gasteiger partial charge >= 0.3 is 0 Å². The molecule has 0 radical (unpaired) electrons. The molecule has 2 unspecified atom stereocenters. The minimum atomic E-state index is 0.287. The molecule has 0 aliphatic carbocycles. The van der Waals surface area contributed by atoms with Gasteiger partial charge in [0.1, 0.15) is 0 Å². The van der Waals surface area contributed by atoms with E-state index in [1.54, 1.807) is 0 Å². The summed E-state index contributed by atoms with van der Waals surface area (Å²) in [7, 11) is 0. The van der Waals surface area contributed by atoms with E-state index in [-0.39, 0.29) is 5.92 Å². The Morgan fingerprint density at radius 2 is 0.957 bits per heavy atom. The van der Waals surface area contributed by atoms with E-state index in [0.717, 1.165) is 36.5 Å². The van der Waals surface area contributed by atoms with Crippen LogP contribution in [-0.4, -0.2) is 0 Å². The van der Waals surface area contributed by atoms with Gasteiger partial charge in [-0.05, 0) is 49.4 Å². The highest BCUT2D eigenvalue weighted by molar-refractivity contribution is 4.83. The molecule has 2 atom stereocenters. The lowest BCUT2D eigenvalue weighted by Gasteiger charge is -2.17. The molecule has 0 aromatic carbocycles. The zero-order chi connectivity index (χ0) is 17.7. The van der Waals surface area contributed by atoms with Crippen LogP contribution in [0.5, 0.6) is 0 Å². The fraction of sp³-hybridized carbons (Fsp3) is 0.955. The second kappa shape index (κ2) is 13.9. The Labute approximate surface area is 147 Å². The predicted octanol–water partition coefficient (Wildman–Crippen LogP) is 7.61. The summed E-state index contributed by atoms with van der Waals surface area (Å²) in [6, 6.07) is 2.56. The van der Waals surface area contributed by atoms with Gasteiger partial charge in [-0.1, -0.05) is 80.1 Å². The lowest BCUT2D eigenvalue weighted by Crippen LogP contribution is -2.05. The first-order valence-corrected chi connectivity index (χ1v) is 10.2. The van der Waals surface area contributed by atoms with E-state index < -0.39 is 0 Å². The van der Waals surface area contributed by atoms with Crippen molar-refractivity contribution in [2.24, 2.45) is 29.6 Å². The quantitative estimate of drug-likeness (QED) is 0.323. The maximum atomic E-state index is 9.40. The molecule has 0 aliphatic rings. The highest BCUT2D eigenvalue weighted by Crippen LogP contribution is 2.24. The van der Waals surface area contributed by atoms with Crippen LogP contribution < -0.4 is 0 Å². The topological polar surface area (TPSA) is 23.8 Å². The highest BCUT2D eigenvalue weighted by Gasteiger charge is 2.13. The Bertz CT molecular complexity index is 276. The second-order valence-electron chi connectivity index (χ2n) is 8.84. The maximum Gasteiger partial charge on any atom is 0.0655 e. The molecular formula is C22H43N. The molecular weight excluding hydrogens is 278 g/mol. The number of rotatable bonds is 14. The van der Waals surface area contributed by atoms with Gasteiger partial charge in [-0.15, -0.1) is 0 Å². The van der Waals surface area contributed by atoms with E-state index in [4.69, 9.17) is 0 Å². The summed E-state index contributed by atoms with van der Waals surface area (Å²) in [5.74, 6) is 3.51. The molecule has 0 aromatic rings. The van der Waals surface area contributed by atoms with E-state index in [1.165, 1.54) is 51.4 Å². The summed E-state index contributed by atoms with van der Waals surface area (Å²) in [4.78, 5) is 0. The first kappa shape index (κ1) is 22.5. The van der Waals surface area contributed by atoms with Crippen LogP contribution in [0.25, 0.3) is 0 Å². The molecule has 0 spiro atoms. The van der Waals surface area contributed by atoms with Crippen LogP contribution in [-0.2, 0) is 0 Å². The van der Waals surface area contributed by atoms with Gasteiger partial charge in [0.25, 0.3) is 0 Å². The van der Waals surface area contributed by atoms with Crippen molar-refractivity contribution in [1.29, 1.82) is 5.26 Å². The van der Waals surface area contributed by atoms with E-state index in [0.29, 0.717) is 0 Å². The minimum Gasteiger partial charge on any atom is -0.198 e. The normalized spacial score (nSPS) is 15.6. The number of nitrogens with zero attached hydrogens (tertiary/aromatic N) is 1. The molecule has 0 heterocycles. The van der Waals surface area contributed by atoms with Crippen LogP contribution in [0.4, 0.5) is 0 Å². The van der Waals surface area contributed by atoms with Gasteiger partial charge < -0.3 is 0 Å². The third-order valence-corrected chi connectivity index (χ3v) is 5.16. The van der Waals surface area contributed by atoms with E-state index >= 15 is 0 Å². The summed E-state index contributed by atoms with van der Waals surface area (Å²) < 4.78 is 0. The van der Waals surface area contributed by atoms with E-state index in [1.807, 2.05) is 0 Å². The molecule has 0 aliphatic heterocycles. The molecule has 0 aromatic heterocycles. The van der Waals surface area contributed by atoms with Crippen molar-refractivity contribution in [1.82, 2.24) is 0 Å². The zero-order valence-electron chi connectivity index (χ0n) is 16.9. The first-order valence-electron chi connectivity index (χ1n) is 10.2. The van der Waals surface area contributed by atoms with Crippen molar-refractivity contribution < 1.29 is 0 Å². The third-order valence-electron chi connectivity index (χ3n) is 5.16. The van der Waals surface area contributed by atoms with E-state index in [9.17, 15) is 5.26 Å². The molecule has 0 N–H and O–H groups in total. The maximum absolute atomic E-state index is 9.40. The molecule has 0 amide bonds. The first-order chi connectivity index (χ1) is 10.8. The number of nitriles is 1. The molecule has 1 nitrogen and oxygen atoms in total. The fourth-order valence-corrected chi connectivity index (χ4v) is 3.28. The Morgan fingerprint density at radius 1 is 0.565 bits per heavy atom. The largest absolute Gasteiger partial charge is 0.198 e. The average molecular weight is 322 g/mol. The van der Waals surface area contributed by atoms with Crippen LogP contribution in [0, 0.1) is 40.9 Å². The van der Waals surface area contributed by atoms with Crippen molar-refractivity contribution in [3.8, 4) is 6.07 Å². The second-order valence-corrected chi connectivity index (χ2v) is 8.84. The molecule has 1 heteroatoms. The summed E-state index contributed by atoms with van der Waals surface area (Å²) >= 11 is 0. The van der Waals surface area contributed by atoms with E-state index in [2.05, 4.69) is 47.6 Å². The summed E-state index contributed by atoms with van der Waals surface area (Å²) in [5, 5.41) is 9.40. The van der Waals surface area contributed by atoms with Crippen molar-refractivity contribution in [3.05, 3.63) is 0 Å². The van der Waals surface area contributed by atoms with Crippen LogP contribution >= 0.6 is 0 Å². The molecule has 0 saturated heterocycles. The van der Waals surface area contributed by atoms with Crippen molar-refractivity contribution in [2.45, 2.75) is 106 Å². The van der Waals surface area contributed by atoms with Crippen LogP contribution in [0.15, 0.2) is 0 Å². The summed E-state index contributed by atoms with van der Waals surface area (Å²) in [6.45, 7) is 13.9. The molecule has 0 fully saturated rings. The predicted molar refractivity (Wildman–Crippen MR) is 103 cm³/mol. The summed E-state index contributed by atoms with van der Waals surface area (Å²) in [6.07, 6.45) is 12.8. The van der Waals surface area contributed by atoms with Crippen LogP contribution in [0.3, 0.4) is 0 Å². The standard InChI is InChI=1S/C22H43N/c1-18(2)9-7-11-20(5)13-15-22(17-23)16-14-21(6)12-8-10-19(3)4/h18-22H,7-16H2,1-6H3. The van der Waals surface area contributed by atoms with Crippen molar-refractivity contribution >= 4 is 0 Å². The SMILES string of the molecule is CC(C)CCCC(C)CCC(C#N)CCC(C)CCCC(C)C. The number of hydrogen-bond acceptors (Lipinski definition) is 1. The van der Waals surface area contributed by atoms with Gasteiger partial charge in [-0.3, -0.25) is 0 Å². The monoisotopic (exact) mass is 321 g/mol. The lowest BCUT2D eigenvalue weighted by atomic mass is 9.88. The Kier molecular flexibility index (Phi) is 13.6. The fourth-order valence-electron chi connectivity index (χ4n) is 3.28. The third kappa shape index (κ3) is 14.8. The van der Waals surface area contributed by atoms with Gasteiger partial charge in [0.05, 0.1) is 6.07 Å². The average Bonchev–Trinajstić information content (AvgIpc) is 2.46. The van der Waals surface area contributed by atoms with Crippen molar-refractivity contribution in [2.75, 3.05) is 0 Å². The molecule has 0 saturated carbocycles. The smallest absolute Gasteiger partial charge is 0.0655 e. The van der Waals surface area contributed by atoms with Gasteiger partial charge in [-0.25, -0.2) is 0 Å². The summed E-state index contributed by atoms with van der Waals surface area (Å²) in [5.41, 5.74) is 0. The molecule has 136 valence electrons. The van der Waals surface area contributed by atoms with Gasteiger partial charge in [0.2, 0.25) is 0 Å². The Hall–Kier alpha value is -0.510. The minimum absolute atomic E-state index is 0.287. The van der Waals surface area contributed by atoms with Gasteiger partial charge in [0, 0.05) is 5.92 Å². The molecule has 0 rings (SSSR count). The van der Waals surface area contributed by atoms with Gasteiger partial charge in [-0.2, -0.15) is 5.26 Å². The van der Waals surface area contributed by atoms with Gasteiger partial charge in [0.15, 0.2) is 0 Å². The lowest BCUT2D eigenvalue weighted by molar-refractivity contribution is 0.368. The van der Waals surface area contributed by atoms with Crippen LogP contribution in [0.1, 0.15) is 106 Å². The number of hydrogen-bond donors (Lipinski definition) is 0. The molecule has 0 bridgehead atoms. The Balaban J connectivity index is 3.78. The zero-order valence-corrected chi connectivity index (χ0v) is 16.9. The highest BCUT2D eigenvalue weighted by atomic mass is 14.3. The molecule has 23 heavy (non-hydrogen) atoms. The van der Waals surface area contributed by atoms with Crippen molar-refractivity contribution in [3.63, 3.8) is 0 Å². The Morgan fingerprint density at radius 3 is 1.26 bits per heavy atom.